The number of hydrogen-bond donors (Lipinski definition) is 1. The summed E-state index contributed by atoms with van der Waals surface area (Å²) in [6.07, 6.45) is 2.82. The first-order chi connectivity index (χ1) is 12.8. The predicted molar refractivity (Wildman–Crippen MR) is 105 cm³/mol. The number of benzene rings is 1. The maximum absolute atomic E-state index is 12.6. The van der Waals surface area contributed by atoms with Gasteiger partial charge in [-0.05, 0) is 56.9 Å². The molecule has 0 saturated carbocycles. The van der Waals surface area contributed by atoms with Crippen LogP contribution in [0.25, 0.3) is 0 Å². The molecule has 2 heterocycles. The lowest BCUT2D eigenvalue weighted by Gasteiger charge is -2.31. The average molecular weight is 394 g/mol. The van der Waals surface area contributed by atoms with Crippen molar-refractivity contribution in [2.45, 2.75) is 39.5 Å². The Bertz CT molecular complexity index is 837. The number of nitrogens with one attached hydrogen (secondary N) is 1. The molecule has 8 heteroatoms. The van der Waals surface area contributed by atoms with E-state index in [0.717, 1.165) is 24.2 Å². The molecule has 2 amide bonds. The molecule has 0 unspecified atom stereocenters. The Balaban J connectivity index is 1.67. The second-order valence-electron chi connectivity index (χ2n) is 7.24. The van der Waals surface area contributed by atoms with E-state index in [1.54, 1.807) is 17.9 Å². The third-order valence-electron chi connectivity index (χ3n) is 5.34. The first-order valence-electron chi connectivity index (χ1n) is 9.51. The standard InChI is InChI=1S/C19H27N3O4S/c1-3-27(25,26)21-10-4-6-15(13-21)19(24)20-16-8-9-17(14(2)12-16)22-11-5-7-18(22)23/h8-9,12,15H,3-7,10-11,13H2,1-2H3,(H,20,24)/t15-/m1/s1. The Morgan fingerprint density at radius 1 is 1.26 bits per heavy atom. The smallest absolute Gasteiger partial charge is 0.228 e. The molecule has 0 spiro atoms. The van der Waals surface area contributed by atoms with Gasteiger partial charge in [0.1, 0.15) is 0 Å². The lowest BCUT2D eigenvalue weighted by molar-refractivity contribution is -0.121. The Labute approximate surface area is 160 Å². The summed E-state index contributed by atoms with van der Waals surface area (Å²) in [7, 11) is -3.27. The summed E-state index contributed by atoms with van der Waals surface area (Å²) >= 11 is 0. The van der Waals surface area contributed by atoms with Crippen LogP contribution in [0, 0.1) is 12.8 Å². The van der Waals surface area contributed by atoms with Crippen LogP contribution in [0.5, 0.6) is 0 Å². The zero-order valence-electron chi connectivity index (χ0n) is 15.9. The van der Waals surface area contributed by atoms with Crippen LogP contribution in [0.3, 0.4) is 0 Å². The quantitative estimate of drug-likeness (QED) is 0.830. The van der Waals surface area contributed by atoms with E-state index in [1.165, 1.54) is 4.31 Å². The maximum Gasteiger partial charge on any atom is 0.228 e. The molecule has 1 aromatic rings. The van der Waals surface area contributed by atoms with Crippen molar-refractivity contribution < 1.29 is 18.0 Å². The van der Waals surface area contributed by atoms with E-state index in [4.69, 9.17) is 0 Å². The van der Waals surface area contributed by atoms with Crippen LogP contribution in [0.1, 0.15) is 38.2 Å². The minimum absolute atomic E-state index is 0.0528. The first-order valence-corrected chi connectivity index (χ1v) is 11.1. The fraction of sp³-hybridized carbons (Fsp3) is 0.579. The number of rotatable bonds is 5. The number of carbonyl (C=O) groups excluding carboxylic acids is 2. The zero-order chi connectivity index (χ0) is 19.6. The number of piperidine rings is 1. The molecular weight excluding hydrogens is 366 g/mol. The van der Waals surface area contributed by atoms with E-state index >= 15 is 0 Å². The van der Waals surface area contributed by atoms with Crippen molar-refractivity contribution in [2.75, 3.05) is 35.6 Å². The molecule has 2 aliphatic rings. The van der Waals surface area contributed by atoms with Gasteiger partial charge >= 0.3 is 0 Å². The van der Waals surface area contributed by atoms with Crippen LogP contribution in [0.2, 0.25) is 0 Å². The molecule has 0 aliphatic carbocycles. The number of hydrogen-bond acceptors (Lipinski definition) is 4. The number of carbonyl (C=O) groups is 2. The Morgan fingerprint density at radius 3 is 2.67 bits per heavy atom. The van der Waals surface area contributed by atoms with Gasteiger partial charge < -0.3 is 10.2 Å². The van der Waals surface area contributed by atoms with Gasteiger partial charge in [-0.3, -0.25) is 9.59 Å². The number of aryl methyl sites for hydroxylation is 1. The fourth-order valence-electron chi connectivity index (χ4n) is 3.77. The number of anilines is 2. The summed E-state index contributed by atoms with van der Waals surface area (Å²) in [4.78, 5) is 26.4. The van der Waals surface area contributed by atoms with Crippen LogP contribution in [-0.2, 0) is 19.6 Å². The fourth-order valence-corrected chi connectivity index (χ4v) is 4.95. The highest BCUT2D eigenvalue weighted by atomic mass is 32.2. The van der Waals surface area contributed by atoms with Crippen molar-refractivity contribution in [1.82, 2.24) is 4.31 Å². The van der Waals surface area contributed by atoms with Gasteiger partial charge in [0.15, 0.2) is 0 Å². The predicted octanol–water partition coefficient (Wildman–Crippen LogP) is 2.12. The van der Waals surface area contributed by atoms with Crippen molar-refractivity contribution >= 4 is 33.2 Å². The van der Waals surface area contributed by atoms with Crippen molar-refractivity contribution in [2.24, 2.45) is 5.92 Å². The van der Waals surface area contributed by atoms with Crippen molar-refractivity contribution in [1.29, 1.82) is 0 Å². The van der Waals surface area contributed by atoms with Gasteiger partial charge in [-0.25, -0.2) is 12.7 Å². The minimum atomic E-state index is -3.27. The number of amides is 2. The highest BCUT2D eigenvalue weighted by Crippen LogP contribution is 2.28. The molecule has 148 valence electrons. The summed E-state index contributed by atoms with van der Waals surface area (Å²) in [5.74, 6) is -0.318. The van der Waals surface area contributed by atoms with Gasteiger partial charge in [0.2, 0.25) is 21.8 Å². The topological polar surface area (TPSA) is 86.8 Å². The first kappa shape index (κ1) is 19.8. The summed E-state index contributed by atoms with van der Waals surface area (Å²) in [5.41, 5.74) is 2.48. The number of sulfonamides is 1. The Hall–Kier alpha value is -1.93. The minimum Gasteiger partial charge on any atom is -0.326 e. The lowest BCUT2D eigenvalue weighted by atomic mass is 9.98. The van der Waals surface area contributed by atoms with E-state index in [-0.39, 0.29) is 30.0 Å². The van der Waals surface area contributed by atoms with E-state index in [9.17, 15) is 18.0 Å². The SMILES string of the molecule is CCS(=O)(=O)N1CCC[C@@H](C(=O)Nc2ccc(N3CCCC3=O)c(C)c2)C1. The Kier molecular flexibility index (Phi) is 5.86. The summed E-state index contributed by atoms with van der Waals surface area (Å²) in [6, 6.07) is 5.53. The van der Waals surface area contributed by atoms with E-state index < -0.39 is 10.0 Å². The van der Waals surface area contributed by atoms with Crippen molar-refractivity contribution in [3.63, 3.8) is 0 Å². The third-order valence-corrected chi connectivity index (χ3v) is 7.19. The van der Waals surface area contributed by atoms with Crippen LogP contribution in [0.4, 0.5) is 11.4 Å². The van der Waals surface area contributed by atoms with Gasteiger partial charge in [0, 0.05) is 37.4 Å². The highest BCUT2D eigenvalue weighted by molar-refractivity contribution is 7.89. The Morgan fingerprint density at radius 2 is 2.04 bits per heavy atom. The van der Waals surface area contributed by atoms with Crippen molar-refractivity contribution in [3.05, 3.63) is 23.8 Å². The van der Waals surface area contributed by atoms with E-state index in [2.05, 4.69) is 5.32 Å². The molecule has 7 nitrogen and oxygen atoms in total. The summed E-state index contributed by atoms with van der Waals surface area (Å²) in [6.45, 7) is 5.00. The normalized spacial score (nSPS) is 21.5. The van der Waals surface area contributed by atoms with Gasteiger partial charge in [-0.15, -0.1) is 0 Å². The van der Waals surface area contributed by atoms with Gasteiger partial charge in [0.25, 0.3) is 0 Å². The molecule has 0 radical (unpaired) electrons. The molecule has 27 heavy (non-hydrogen) atoms. The second-order valence-corrected chi connectivity index (χ2v) is 9.49. The molecule has 2 saturated heterocycles. The summed E-state index contributed by atoms with van der Waals surface area (Å²) in [5, 5.41) is 2.91. The molecule has 1 N–H and O–H groups in total. The van der Waals surface area contributed by atoms with Gasteiger partial charge in [-0.2, -0.15) is 0 Å². The van der Waals surface area contributed by atoms with Crippen LogP contribution in [0.15, 0.2) is 18.2 Å². The van der Waals surface area contributed by atoms with Crippen LogP contribution >= 0.6 is 0 Å². The third kappa shape index (κ3) is 4.32. The second kappa shape index (κ2) is 7.98. The number of nitrogens with zero attached hydrogens (tertiary/aromatic N) is 2. The molecule has 2 fully saturated rings. The molecule has 3 rings (SSSR count). The molecule has 0 aromatic heterocycles. The van der Waals surface area contributed by atoms with Crippen LogP contribution < -0.4 is 10.2 Å². The van der Waals surface area contributed by atoms with Gasteiger partial charge in [-0.1, -0.05) is 0 Å². The zero-order valence-corrected chi connectivity index (χ0v) is 16.7. The molecular formula is C19H27N3O4S. The molecule has 1 aromatic carbocycles. The monoisotopic (exact) mass is 393 g/mol. The van der Waals surface area contributed by atoms with Gasteiger partial charge in [0.05, 0.1) is 11.7 Å². The van der Waals surface area contributed by atoms with Crippen LogP contribution in [-0.4, -0.2) is 49.9 Å². The summed E-state index contributed by atoms with van der Waals surface area (Å²) < 4.78 is 25.6. The molecule has 2 aliphatic heterocycles. The molecule has 1 atom stereocenters. The lowest BCUT2D eigenvalue weighted by Crippen LogP contribution is -2.44. The van der Waals surface area contributed by atoms with Crippen molar-refractivity contribution in [3.8, 4) is 0 Å². The van der Waals surface area contributed by atoms with E-state index in [0.29, 0.717) is 31.5 Å². The largest absolute Gasteiger partial charge is 0.326 e. The maximum atomic E-state index is 12.6. The highest BCUT2D eigenvalue weighted by Gasteiger charge is 2.31. The molecule has 0 bridgehead atoms. The average Bonchev–Trinajstić information content (AvgIpc) is 3.07. The van der Waals surface area contributed by atoms with E-state index in [1.807, 2.05) is 19.1 Å².